The third-order valence-corrected chi connectivity index (χ3v) is 5.64. The molecule has 0 unspecified atom stereocenters. The molecule has 2 rings (SSSR count). The zero-order valence-corrected chi connectivity index (χ0v) is 13.7. The summed E-state index contributed by atoms with van der Waals surface area (Å²) in [4.78, 5) is 13.3. The van der Waals surface area contributed by atoms with Crippen molar-refractivity contribution in [3.8, 4) is 0 Å². The van der Waals surface area contributed by atoms with Gasteiger partial charge >= 0.3 is 6.18 Å². The maximum absolute atomic E-state index is 12.7. The minimum atomic E-state index is -4.63. The first-order valence-corrected chi connectivity index (χ1v) is 8.79. The normalized spacial score (nSPS) is 18.2. The fraction of sp³-hybridized carbons (Fsp3) is 0.533. The van der Waals surface area contributed by atoms with E-state index in [9.17, 15) is 26.4 Å². The summed E-state index contributed by atoms with van der Waals surface area (Å²) in [5.41, 5.74) is -1.48. The number of halogens is 3. The minimum Gasteiger partial charge on any atom is -0.337 e. The summed E-state index contributed by atoms with van der Waals surface area (Å²) in [6, 6.07) is 3.47. The highest BCUT2D eigenvalue weighted by Gasteiger charge is 2.37. The zero-order valence-electron chi connectivity index (χ0n) is 12.9. The molecule has 0 radical (unpaired) electrons. The Morgan fingerprint density at radius 2 is 1.96 bits per heavy atom. The molecule has 1 aromatic carbocycles. The van der Waals surface area contributed by atoms with Gasteiger partial charge in [0.25, 0.3) is 0 Å². The molecule has 1 heterocycles. The van der Waals surface area contributed by atoms with Crippen LogP contribution in [-0.2, 0) is 20.8 Å². The number of likely N-dealkylation sites (tertiary alicyclic amines) is 1. The van der Waals surface area contributed by atoms with E-state index >= 15 is 0 Å². The van der Waals surface area contributed by atoms with E-state index in [1.807, 2.05) is 13.8 Å². The molecule has 0 aliphatic carbocycles. The molecule has 0 N–H and O–H groups in total. The first kappa shape index (κ1) is 17.8. The Morgan fingerprint density at radius 3 is 2.48 bits per heavy atom. The number of alkyl halides is 3. The third-order valence-electron chi connectivity index (χ3n) is 4.04. The summed E-state index contributed by atoms with van der Waals surface area (Å²) in [6.45, 7) is 4.15. The molecule has 0 saturated carbocycles. The lowest BCUT2D eigenvalue weighted by Crippen LogP contribution is -2.45. The van der Waals surface area contributed by atoms with Crippen LogP contribution in [0.1, 0.15) is 32.3 Å². The quantitative estimate of drug-likeness (QED) is 0.843. The van der Waals surface area contributed by atoms with Gasteiger partial charge in [-0.3, -0.25) is 4.79 Å². The SMILES string of the molecule is CC1(C)CCCN1C(=O)CS(=O)(=O)c1cccc(C(F)(F)F)c1. The summed E-state index contributed by atoms with van der Waals surface area (Å²) in [6.07, 6.45) is -3.09. The van der Waals surface area contributed by atoms with Gasteiger partial charge in [0, 0.05) is 12.1 Å². The number of amides is 1. The van der Waals surface area contributed by atoms with Gasteiger partial charge in [-0.2, -0.15) is 13.2 Å². The second-order valence-electron chi connectivity index (χ2n) is 6.25. The van der Waals surface area contributed by atoms with Crippen LogP contribution >= 0.6 is 0 Å². The lowest BCUT2D eigenvalue weighted by atomic mass is 10.0. The standard InChI is InChI=1S/C15H18F3NO3S/c1-14(2)7-4-8-19(14)13(20)10-23(21,22)12-6-3-5-11(9-12)15(16,17)18/h3,5-6,9H,4,7-8,10H2,1-2H3. The van der Waals surface area contributed by atoms with Crippen molar-refractivity contribution in [1.82, 2.24) is 4.90 Å². The number of hydrogen-bond acceptors (Lipinski definition) is 3. The first-order chi connectivity index (χ1) is 10.4. The van der Waals surface area contributed by atoms with Crippen LogP contribution in [0.25, 0.3) is 0 Å². The molecule has 1 aliphatic heterocycles. The molecule has 4 nitrogen and oxygen atoms in total. The van der Waals surface area contributed by atoms with E-state index in [1.165, 1.54) is 4.90 Å². The fourth-order valence-corrected chi connectivity index (χ4v) is 4.00. The Hall–Kier alpha value is -1.57. The summed E-state index contributed by atoms with van der Waals surface area (Å²) >= 11 is 0. The molecule has 0 bridgehead atoms. The predicted molar refractivity (Wildman–Crippen MR) is 78.5 cm³/mol. The van der Waals surface area contributed by atoms with Crippen LogP contribution in [0.5, 0.6) is 0 Å². The number of hydrogen-bond donors (Lipinski definition) is 0. The number of rotatable bonds is 3. The smallest absolute Gasteiger partial charge is 0.337 e. The van der Waals surface area contributed by atoms with E-state index in [0.29, 0.717) is 12.6 Å². The highest BCUT2D eigenvalue weighted by Crippen LogP contribution is 2.31. The van der Waals surface area contributed by atoms with Gasteiger partial charge in [-0.15, -0.1) is 0 Å². The molecular formula is C15H18F3NO3S. The van der Waals surface area contributed by atoms with Gasteiger partial charge in [-0.25, -0.2) is 8.42 Å². The largest absolute Gasteiger partial charge is 0.416 e. The summed E-state index contributed by atoms with van der Waals surface area (Å²) in [5.74, 6) is -1.40. The molecule has 1 amide bonds. The number of carbonyl (C=O) groups excluding carboxylic acids is 1. The molecule has 0 atom stereocenters. The molecule has 1 fully saturated rings. The highest BCUT2D eigenvalue weighted by atomic mass is 32.2. The van der Waals surface area contributed by atoms with Crippen molar-refractivity contribution in [1.29, 1.82) is 0 Å². The average Bonchev–Trinajstić information content (AvgIpc) is 2.77. The first-order valence-electron chi connectivity index (χ1n) is 7.14. The van der Waals surface area contributed by atoms with Gasteiger partial charge < -0.3 is 4.90 Å². The van der Waals surface area contributed by atoms with E-state index in [-0.39, 0.29) is 0 Å². The van der Waals surface area contributed by atoms with Crippen LogP contribution < -0.4 is 0 Å². The van der Waals surface area contributed by atoms with E-state index < -0.39 is 43.7 Å². The molecule has 8 heteroatoms. The molecule has 1 aliphatic rings. The van der Waals surface area contributed by atoms with Crippen LogP contribution in [0.3, 0.4) is 0 Å². The van der Waals surface area contributed by atoms with Crippen molar-refractivity contribution in [2.75, 3.05) is 12.3 Å². The molecular weight excluding hydrogens is 331 g/mol. The summed E-state index contributed by atoms with van der Waals surface area (Å²) in [5, 5.41) is 0. The predicted octanol–water partition coefficient (Wildman–Crippen LogP) is 2.88. The number of carbonyl (C=O) groups is 1. The van der Waals surface area contributed by atoms with E-state index in [1.54, 1.807) is 0 Å². The minimum absolute atomic E-state index is 0.430. The second-order valence-corrected chi connectivity index (χ2v) is 8.24. The molecule has 1 saturated heterocycles. The Labute approximate surface area is 133 Å². The number of nitrogens with zero attached hydrogens (tertiary/aromatic N) is 1. The topological polar surface area (TPSA) is 54.5 Å². The van der Waals surface area contributed by atoms with E-state index in [2.05, 4.69) is 0 Å². The van der Waals surface area contributed by atoms with Crippen molar-refractivity contribution in [2.24, 2.45) is 0 Å². The van der Waals surface area contributed by atoms with Crippen LogP contribution in [0.4, 0.5) is 13.2 Å². The lowest BCUT2D eigenvalue weighted by Gasteiger charge is -2.31. The maximum Gasteiger partial charge on any atom is 0.416 e. The monoisotopic (exact) mass is 349 g/mol. The van der Waals surface area contributed by atoms with Gasteiger partial charge in [0.2, 0.25) is 5.91 Å². The van der Waals surface area contributed by atoms with Crippen molar-refractivity contribution in [3.05, 3.63) is 29.8 Å². The van der Waals surface area contributed by atoms with Gasteiger partial charge in [0.1, 0.15) is 5.75 Å². The van der Waals surface area contributed by atoms with Crippen LogP contribution in [0.15, 0.2) is 29.2 Å². The Bertz CT molecular complexity index is 711. The molecule has 1 aromatic rings. The fourth-order valence-electron chi connectivity index (χ4n) is 2.76. The van der Waals surface area contributed by atoms with Crippen molar-refractivity contribution >= 4 is 15.7 Å². The maximum atomic E-state index is 12.7. The summed E-state index contributed by atoms with van der Waals surface area (Å²) in [7, 11) is -4.12. The average molecular weight is 349 g/mol. The summed E-state index contributed by atoms with van der Waals surface area (Å²) < 4.78 is 62.6. The van der Waals surface area contributed by atoms with Gasteiger partial charge in [0.05, 0.1) is 10.5 Å². The second kappa shape index (κ2) is 5.81. The molecule has 23 heavy (non-hydrogen) atoms. The molecule has 0 spiro atoms. The van der Waals surface area contributed by atoms with Gasteiger partial charge in [-0.05, 0) is 44.9 Å². The molecule has 0 aromatic heterocycles. The number of benzene rings is 1. The highest BCUT2D eigenvalue weighted by molar-refractivity contribution is 7.92. The third kappa shape index (κ3) is 3.85. The van der Waals surface area contributed by atoms with E-state index in [4.69, 9.17) is 0 Å². The van der Waals surface area contributed by atoms with Crippen LogP contribution in [0, 0.1) is 0 Å². The van der Waals surface area contributed by atoms with Gasteiger partial charge in [-0.1, -0.05) is 6.07 Å². The molecule has 128 valence electrons. The van der Waals surface area contributed by atoms with Crippen molar-refractivity contribution < 1.29 is 26.4 Å². The zero-order chi connectivity index (χ0) is 17.5. The van der Waals surface area contributed by atoms with Crippen molar-refractivity contribution in [3.63, 3.8) is 0 Å². The Kier molecular flexibility index (Phi) is 4.49. The Balaban J connectivity index is 2.24. The lowest BCUT2D eigenvalue weighted by molar-refractivity contribution is -0.137. The van der Waals surface area contributed by atoms with Crippen LogP contribution in [0.2, 0.25) is 0 Å². The van der Waals surface area contributed by atoms with Gasteiger partial charge in [0.15, 0.2) is 9.84 Å². The number of sulfone groups is 1. The Morgan fingerprint density at radius 1 is 1.30 bits per heavy atom. The van der Waals surface area contributed by atoms with Crippen molar-refractivity contribution in [2.45, 2.75) is 43.3 Å². The van der Waals surface area contributed by atoms with Crippen LogP contribution in [-0.4, -0.2) is 37.1 Å². The van der Waals surface area contributed by atoms with E-state index in [0.717, 1.165) is 31.0 Å².